The van der Waals surface area contributed by atoms with E-state index in [0.29, 0.717) is 13.1 Å². The normalized spacial score (nSPS) is 12.5. The van der Waals surface area contributed by atoms with Gasteiger partial charge in [0.1, 0.15) is 6.04 Å². The summed E-state index contributed by atoms with van der Waals surface area (Å²) in [6.45, 7) is 9.72. The molecule has 10 heteroatoms. The smallest absolute Gasteiger partial charge is 0.307 e. The van der Waals surface area contributed by atoms with Crippen molar-refractivity contribution in [2.45, 2.75) is 52.0 Å². The minimum absolute atomic E-state index is 0.0174. The minimum Gasteiger partial charge on any atom is -0.466 e. The molecule has 1 aromatic carbocycles. The van der Waals surface area contributed by atoms with Crippen LogP contribution in [0.2, 0.25) is 0 Å². The number of nitrogens with zero attached hydrogens (tertiary/aromatic N) is 1. The number of hydrogen-bond acceptors (Lipinski definition) is 6. The van der Waals surface area contributed by atoms with E-state index >= 15 is 0 Å². The van der Waals surface area contributed by atoms with E-state index < -0.39 is 33.8 Å². The van der Waals surface area contributed by atoms with Crippen molar-refractivity contribution in [3.63, 3.8) is 0 Å². The van der Waals surface area contributed by atoms with Gasteiger partial charge >= 0.3 is 5.97 Å². The maximum Gasteiger partial charge on any atom is 0.307 e. The van der Waals surface area contributed by atoms with Crippen molar-refractivity contribution in [2.75, 3.05) is 26.2 Å². The van der Waals surface area contributed by atoms with E-state index in [2.05, 4.69) is 10.6 Å². The third-order valence-corrected chi connectivity index (χ3v) is 6.65. The molecular formula is C21H33N3O6S. The van der Waals surface area contributed by atoms with Gasteiger partial charge in [-0.1, -0.05) is 33.8 Å². The van der Waals surface area contributed by atoms with Crippen LogP contribution in [0.15, 0.2) is 29.2 Å². The first-order valence-electron chi connectivity index (χ1n) is 10.4. The summed E-state index contributed by atoms with van der Waals surface area (Å²) in [6.07, 6.45) is 0.0314. The molecule has 0 fully saturated rings. The molecule has 0 saturated carbocycles. The summed E-state index contributed by atoms with van der Waals surface area (Å²) in [5.74, 6) is -1.64. The number of benzene rings is 1. The SMILES string of the molecule is CCOC(=O)CCNC(=O)C(NC(=O)c1cccc(S(=O)(=O)N(CC)CC)c1)C(C)C. The van der Waals surface area contributed by atoms with Crippen LogP contribution in [0.5, 0.6) is 0 Å². The van der Waals surface area contributed by atoms with Gasteiger partial charge in [0.05, 0.1) is 17.9 Å². The van der Waals surface area contributed by atoms with E-state index in [1.54, 1.807) is 34.6 Å². The monoisotopic (exact) mass is 455 g/mol. The molecule has 31 heavy (non-hydrogen) atoms. The molecule has 174 valence electrons. The Bertz CT molecular complexity index is 866. The fourth-order valence-corrected chi connectivity index (χ4v) is 4.41. The number of ether oxygens (including phenoxy) is 1. The topological polar surface area (TPSA) is 122 Å². The molecule has 0 aliphatic rings. The maximum atomic E-state index is 12.7. The number of esters is 1. The second kappa shape index (κ2) is 12.4. The van der Waals surface area contributed by atoms with Crippen LogP contribution >= 0.6 is 0 Å². The molecule has 0 bridgehead atoms. The lowest BCUT2D eigenvalue weighted by Gasteiger charge is -2.22. The molecule has 0 heterocycles. The van der Waals surface area contributed by atoms with Gasteiger partial charge in [-0.05, 0) is 31.0 Å². The molecule has 1 atom stereocenters. The Morgan fingerprint density at radius 2 is 1.74 bits per heavy atom. The van der Waals surface area contributed by atoms with Crippen LogP contribution in [0.4, 0.5) is 0 Å². The molecule has 9 nitrogen and oxygen atoms in total. The number of carbonyl (C=O) groups is 3. The predicted octanol–water partition coefficient (Wildman–Crippen LogP) is 1.54. The Labute approximate surface area is 184 Å². The van der Waals surface area contributed by atoms with Gasteiger partial charge < -0.3 is 15.4 Å². The molecule has 0 aliphatic carbocycles. The van der Waals surface area contributed by atoms with Gasteiger partial charge in [-0.2, -0.15) is 4.31 Å². The third-order valence-electron chi connectivity index (χ3n) is 4.61. The fraction of sp³-hybridized carbons (Fsp3) is 0.571. The average Bonchev–Trinajstić information content (AvgIpc) is 2.72. The van der Waals surface area contributed by atoms with Gasteiger partial charge in [0.25, 0.3) is 5.91 Å². The van der Waals surface area contributed by atoms with Crippen LogP contribution in [-0.4, -0.2) is 62.8 Å². The Kier molecular flexibility index (Phi) is 10.6. The van der Waals surface area contributed by atoms with Gasteiger partial charge in [-0.3, -0.25) is 14.4 Å². The van der Waals surface area contributed by atoms with Crippen molar-refractivity contribution in [3.8, 4) is 0 Å². The highest BCUT2D eigenvalue weighted by molar-refractivity contribution is 7.89. The molecular weight excluding hydrogens is 422 g/mol. The lowest BCUT2D eigenvalue weighted by Crippen LogP contribution is -2.50. The van der Waals surface area contributed by atoms with Crippen LogP contribution in [0.25, 0.3) is 0 Å². The second-order valence-corrected chi connectivity index (χ2v) is 9.10. The highest BCUT2D eigenvalue weighted by Gasteiger charge is 2.26. The van der Waals surface area contributed by atoms with E-state index in [0.717, 1.165) is 0 Å². The summed E-state index contributed by atoms with van der Waals surface area (Å²) in [4.78, 5) is 36.7. The van der Waals surface area contributed by atoms with E-state index in [1.165, 1.54) is 28.6 Å². The summed E-state index contributed by atoms with van der Waals surface area (Å²) in [5, 5.41) is 5.28. The number of rotatable bonds is 12. The molecule has 0 radical (unpaired) electrons. The summed E-state index contributed by atoms with van der Waals surface area (Å²) in [5.41, 5.74) is 0.137. The summed E-state index contributed by atoms with van der Waals surface area (Å²) in [6, 6.07) is 4.88. The third kappa shape index (κ3) is 7.62. The number of sulfonamides is 1. The minimum atomic E-state index is -3.71. The molecule has 0 spiro atoms. The number of carbonyl (C=O) groups excluding carboxylic acids is 3. The summed E-state index contributed by atoms with van der Waals surface area (Å²) in [7, 11) is -3.71. The van der Waals surface area contributed by atoms with Crippen LogP contribution < -0.4 is 10.6 Å². The molecule has 2 amide bonds. The van der Waals surface area contributed by atoms with Gasteiger partial charge in [-0.15, -0.1) is 0 Å². The van der Waals surface area contributed by atoms with Gasteiger partial charge in [0.15, 0.2) is 0 Å². The molecule has 1 aromatic rings. The summed E-state index contributed by atoms with van der Waals surface area (Å²) >= 11 is 0. The molecule has 2 N–H and O–H groups in total. The van der Waals surface area contributed by atoms with Crippen LogP contribution in [-0.2, 0) is 24.3 Å². The Morgan fingerprint density at radius 3 is 2.29 bits per heavy atom. The highest BCUT2D eigenvalue weighted by atomic mass is 32.2. The van der Waals surface area contributed by atoms with E-state index in [1.807, 2.05) is 0 Å². The maximum absolute atomic E-state index is 12.7. The number of hydrogen-bond donors (Lipinski definition) is 2. The van der Waals surface area contributed by atoms with Crippen LogP contribution in [0, 0.1) is 5.92 Å². The van der Waals surface area contributed by atoms with E-state index in [4.69, 9.17) is 4.74 Å². The van der Waals surface area contributed by atoms with E-state index in [-0.39, 0.29) is 35.9 Å². The second-order valence-electron chi connectivity index (χ2n) is 7.16. The Balaban J connectivity index is 2.91. The zero-order valence-corrected chi connectivity index (χ0v) is 19.6. The lowest BCUT2D eigenvalue weighted by atomic mass is 10.0. The fourth-order valence-electron chi connectivity index (χ4n) is 2.90. The zero-order chi connectivity index (χ0) is 23.6. The average molecular weight is 456 g/mol. The number of nitrogens with one attached hydrogen (secondary N) is 2. The molecule has 0 aromatic heterocycles. The van der Waals surface area contributed by atoms with Gasteiger partial charge in [0.2, 0.25) is 15.9 Å². The number of amides is 2. The van der Waals surface area contributed by atoms with Gasteiger partial charge in [0, 0.05) is 25.2 Å². The zero-order valence-electron chi connectivity index (χ0n) is 18.8. The van der Waals surface area contributed by atoms with Crippen molar-refractivity contribution in [1.82, 2.24) is 14.9 Å². The highest BCUT2D eigenvalue weighted by Crippen LogP contribution is 2.17. The van der Waals surface area contributed by atoms with Crippen LogP contribution in [0.3, 0.4) is 0 Å². The van der Waals surface area contributed by atoms with Crippen molar-refractivity contribution >= 4 is 27.8 Å². The quantitative estimate of drug-likeness (QED) is 0.461. The Hall–Kier alpha value is -2.46. The predicted molar refractivity (Wildman–Crippen MR) is 117 cm³/mol. The lowest BCUT2D eigenvalue weighted by molar-refractivity contribution is -0.143. The Morgan fingerprint density at radius 1 is 1.10 bits per heavy atom. The summed E-state index contributed by atoms with van der Waals surface area (Å²) < 4.78 is 31.6. The molecule has 0 aliphatic heterocycles. The van der Waals surface area contributed by atoms with Crippen molar-refractivity contribution < 1.29 is 27.5 Å². The van der Waals surface area contributed by atoms with Crippen molar-refractivity contribution in [2.24, 2.45) is 5.92 Å². The first-order valence-corrected chi connectivity index (χ1v) is 11.9. The first kappa shape index (κ1) is 26.6. The molecule has 1 rings (SSSR count). The van der Waals surface area contributed by atoms with E-state index in [9.17, 15) is 22.8 Å². The van der Waals surface area contributed by atoms with Crippen molar-refractivity contribution in [1.29, 1.82) is 0 Å². The van der Waals surface area contributed by atoms with Gasteiger partial charge in [-0.25, -0.2) is 8.42 Å². The van der Waals surface area contributed by atoms with Crippen LogP contribution in [0.1, 0.15) is 51.4 Å². The molecule has 1 unspecified atom stereocenters. The standard InChI is InChI=1S/C21H33N3O6S/c1-6-24(7-2)31(28,29)17-11-9-10-16(14-17)20(26)23-19(15(4)5)21(27)22-13-12-18(25)30-8-3/h9-11,14-15,19H,6-8,12-13H2,1-5H3,(H,22,27)(H,23,26). The van der Waals surface area contributed by atoms with Crippen molar-refractivity contribution in [3.05, 3.63) is 29.8 Å². The molecule has 0 saturated heterocycles. The first-order chi connectivity index (χ1) is 14.6. The largest absolute Gasteiger partial charge is 0.466 e.